The van der Waals surface area contributed by atoms with Gasteiger partial charge in [-0.25, -0.2) is 0 Å². The number of hydrogen-bond acceptors (Lipinski definition) is 2. The average Bonchev–Trinajstić information content (AvgIpc) is 3.06. The Morgan fingerprint density at radius 3 is 0.926 bits per heavy atom. The van der Waals surface area contributed by atoms with Gasteiger partial charge in [0.2, 0.25) is 0 Å². The van der Waals surface area contributed by atoms with Gasteiger partial charge in [-0.3, -0.25) is 0 Å². The van der Waals surface area contributed by atoms with Crippen molar-refractivity contribution in [2.75, 3.05) is 0 Å². The molecule has 0 spiro atoms. The van der Waals surface area contributed by atoms with Crippen LogP contribution >= 0.6 is 0 Å². The van der Waals surface area contributed by atoms with E-state index in [1.54, 1.807) is 0 Å². The molecule has 0 N–H and O–H groups in total. The Hall–Kier alpha value is -0.180. The topological polar surface area (TPSA) is 25.8 Å². The zero-order valence-electron chi connectivity index (χ0n) is 19.9. The fourth-order valence-electron chi connectivity index (χ4n) is 2.40. The molecule has 0 aliphatic rings. The molecule has 3 heteroatoms. The van der Waals surface area contributed by atoms with Crippen molar-refractivity contribution in [3.8, 4) is 0 Å². The molecule has 0 aliphatic carbocycles. The van der Waals surface area contributed by atoms with E-state index in [1.165, 1.54) is 22.8 Å². The van der Waals surface area contributed by atoms with Crippen LogP contribution in [0.3, 0.4) is 0 Å². The van der Waals surface area contributed by atoms with Gasteiger partial charge >= 0.3 is 37.7 Å². The molecule has 2 heterocycles. The van der Waals surface area contributed by atoms with Crippen molar-refractivity contribution in [1.82, 2.24) is 9.97 Å². The van der Waals surface area contributed by atoms with Crippen molar-refractivity contribution in [3.05, 3.63) is 47.0 Å². The predicted octanol–water partition coefficient (Wildman–Crippen LogP) is 6.41. The Morgan fingerprint density at radius 2 is 0.815 bits per heavy atom. The van der Waals surface area contributed by atoms with Crippen LogP contribution in [0.5, 0.6) is 0 Å². The summed E-state index contributed by atoms with van der Waals surface area (Å²) < 4.78 is 0. The van der Waals surface area contributed by atoms with Crippen LogP contribution in [0.1, 0.15) is 106 Å². The van der Waals surface area contributed by atoms with Crippen molar-refractivity contribution < 1.29 is 0 Å². The molecular weight excluding hydrogens is 356 g/mol. The summed E-state index contributed by atoms with van der Waals surface area (Å²) in [6.07, 6.45) is 0. The molecule has 2 rings (SSSR count). The van der Waals surface area contributed by atoms with Gasteiger partial charge < -0.3 is 9.97 Å². The fourth-order valence-corrected chi connectivity index (χ4v) is 2.40. The molecule has 148 valence electrons. The van der Waals surface area contributed by atoms with Crippen molar-refractivity contribution in [3.63, 3.8) is 0 Å². The summed E-state index contributed by atoms with van der Waals surface area (Å²) in [7, 11) is 0. The molecule has 0 saturated carbocycles. The molecule has 0 fully saturated rings. The normalized spacial score (nSPS) is 12.9. The van der Waals surface area contributed by atoms with Gasteiger partial charge in [-0.1, -0.05) is 105 Å². The zero-order chi connectivity index (χ0) is 20.6. The molecule has 0 saturated heterocycles. The molecule has 2 aromatic rings. The van der Waals surface area contributed by atoms with Gasteiger partial charge in [-0.05, 0) is 10.8 Å². The predicted molar refractivity (Wildman–Crippen MR) is 120 cm³/mol. The van der Waals surface area contributed by atoms with E-state index in [4.69, 9.17) is 0 Å². The van der Waals surface area contributed by atoms with Crippen LogP contribution in [0.2, 0.25) is 0 Å². The van der Waals surface area contributed by atoms with Crippen molar-refractivity contribution in [2.24, 2.45) is 0 Å². The molecular formula is C24H40CaN2. The molecule has 0 amide bonds. The number of hydrogen-bond donors (Lipinski definition) is 0. The maximum absolute atomic E-state index is 4.65. The second kappa shape index (κ2) is 9.09. The van der Waals surface area contributed by atoms with E-state index in [0.29, 0.717) is 0 Å². The molecule has 0 unspecified atom stereocenters. The Labute approximate surface area is 198 Å². The van der Waals surface area contributed by atoms with Crippen molar-refractivity contribution in [1.29, 1.82) is 0 Å². The monoisotopic (exact) mass is 396 g/mol. The average molecular weight is 397 g/mol. The molecule has 27 heavy (non-hydrogen) atoms. The molecule has 2 aromatic heterocycles. The van der Waals surface area contributed by atoms with Gasteiger partial charge in [-0.15, -0.1) is 11.4 Å². The van der Waals surface area contributed by atoms with Gasteiger partial charge in [0.25, 0.3) is 0 Å². The maximum atomic E-state index is 4.65. The van der Waals surface area contributed by atoms with Crippen LogP contribution in [0.15, 0.2) is 24.3 Å². The standard InChI is InChI=1S/2C12H20N.Ca/c2*1-11(2,3)9-7-8-10(13-9)12(4,5)6;/h2*7-8H,1-6H3;/q2*-1;+2. The van der Waals surface area contributed by atoms with Crippen molar-refractivity contribution in [2.45, 2.75) is 105 Å². The Kier molecular flexibility index (Phi) is 9.03. The summed E-state index contributed by atoms with van der Waals surface area (Å²) in [6.45, 7) is 26.4. The molecule has 0 radical (unpaired) electrons. The first kappa shape index (κ1) is 26.8. The minimum Gasteiger partial charge on any atom is -0.395 e. The first-order valence-corrected chi connectivity index (χ1v) is 9.72. The first-order chi connectivity index (χ1) is 11.4. The third-order valence-corrected chi connectivity index (χ3v) is 4.35. The SMILES string of the molecule is CC(C)(C)c1cc[c-](C(C)(C)C)n1.CC(C)(C)c1cc[c-](C(C)(C)C)n1.[Ca+2]. The Balaban J connectivity index is 0.000000483. The van der Waals surface area contributed by atoms with Gasteiger partial charge in [0.05, 0.1) is 0 Å². The van der Waals surface area contributed by atoms with E-state index in [9.17, 15) is 0 Å². The summed E-state index contributed by atoms with van der Waals surface area (Å²) in [5.41, 5.74) is 5.45. The number of nitrogens with zero attached hydrogens (tertiary/aromatic N) is 2. The smallest absolute Gasteiger partial charge is 0.395 e. The molecule has 2 nitrogen and oxygen atoms in total. The van der Waals surface area contributed by atoms with E-state index in [2.05, 4.69) is 117 Å². The van der Waals surface area contributed by atoms with E-state index in [1.807, 2.05) is 0 Å². The molecule has 0 aliphatic heterocycles. The van der Waals surface area contributed by atoms with Crippen LogP contribution in [0, 0.1) is 0 Å². The van der Waals surface area contributed by atoms with E-state index < -0.39 is 0 Å². The Morgan fingerprint density at radius 1 is 0.556 bits per heavy atom. The Bertz CT molecular complexity index is 573. The van der Waals surface area contributed by atoms with Crippen LogP contribution in [-0.2, 0) is 21.7 Å². The van der Waals surface area contributed by atoms with E-state index >= 15 is 0 Å². The van der Waals surface area contributed by atoms with Crippen LogP contribution in [0.25, 0.3) is 0 Å². The first-order valence-electron chi connectivity index (χ1n) is 9.72. The quantitative estimate of drug-likeness (QED) is 0.380. The van der Waals surface area contributed by atoms with Crippen LogP contribution in [-0.4, -0.2) is 47.7 Å². The minimum absolute atomic E-state index is 0. The van der Waals surface area contributed by atoms with Gasteiger partial charge in [0, 0.05) is 0 Å². The second-order valence-corrected chi connectivity index (χ2v) is 11.4. The van der Waals surface area contributed by atoms with E-state index in [0.717, 1.165) is 0 Å². The minimum atomic E-state index is 0. The van der Waals surface area contributed by atoms with Gasteiger partial charge in [-0.2, -0.15) is 24.3 Å². The van der Waals surface area contributed by atoms with Crippen LogP contribution < -0.4 is 0 Å². The van der Waals surface area contributed by atoms with E-state index in [-0.39, 0.29) is 59.4 Å². The maximum Gasteiger partial charge on any atom is 2.00 e. The number of aromatic nitrogens is 2. The fraction of sp³-hybridized carbons (Fsp3) is 0.667. The largest absolute Gasteiger partial charge is 2.00 e. The third-order valence-electron chi connectivity index (χ3n) is 4.35. The summed E-state index contributed by atoms with van der Waals surface area (Å²) in [4.78, 5) is 9.31. The summed E-state index contributed by atoms with van der Waals surface area (Å²) in [6, 6.07) is 8.56. The zero-order valence-corrected chi connectivity index (χ0v) is 22.1. The summed E-state index contributed by atoms with van der Waals surface area (Å²) in [5, 5.41) is 0. The van der Waals surface area contributed by atoms with Crippen LogP contribution in [0.4, 0.5) is 0 Å². The second-order valence-electron chi connectivity index (χ2n) is 11.4. The van der Waals surface area contributed by atoms with Gasteiger partial charge in [0.15, 0.2) is 0 Å². The number of rotatable bonds is 0. The molecule has 0 bridgehead atoms. The third kappa shape index (κ3) is 8.38. The van der Waals surface area contributed by atoms with Crippen molar-refractivity contribution >= 4 is 37.7 Å². The molecule has 0 atom stereocenters. The summed E-state index contributed by atoms with van der Waals surface area (Å²) in [5.74, 6) is 0. The molecule has 0 aromatic carbocycles. The summed E-state index contributed by atoms with van der Waals surface area (Å²) >= 11 is 0. The van der Waals surface area contributed by atoms with Gasteiger partial charge in [0.1, 0.15) is 0 Å².